The molecule has 4 aliphatic rings. The average Bonchev–Trinajstić information content (AvgIpc) is 4.15. The normalized spacial score (nSPS) is 22.0. The van der Waals surface area contributed by atoms with E-state index in [9.17, 15) is 13.2 Å². The zero-order chi connectivity index (χ0) is 44.5. The van der Waals surface area contributed by atoms with Crippen LogP contribution in [-0.2, 0) is 46.5 Å². The molecule has 10 rings (SSSR count). The molecule has 0 amide bonds. The summed E-state index contributed by atoms with van der Waals surface area (Å²) in [6.45, 7) is 6.26. The fraction of sp³-hybridized carbons (Fsp3) is 0.464. The van der Waals surface area contributed by atoms with Crippen LogP contribution >= 0.6 is 17.0 Å². The van der Waals surface area contributed by atoms with E-state index in [0.29, 0.717) is 20.3 Å². The number of alkyl halides is 3. The van der Waals surface area contributed by atoms with Gasteiger partial charge in [0.15, 0.2) is 0 Å². The summed E-state index contributed by atoms with van der Waals surface area (Å²) in [4.78, 5) is 0. The van der Waals surface area contributed by atoms with Crippen LogP contribution in [0.25, 0.3) is 43.8 Å². The fourth-order valence-electron chi connectivity index (χ4n) is 11.8. The molecule has 4 aliphatic carbocycles. The third kappa shape index (κ3) is 12.7. The van der Waals surface area contributed by atoms with Crippen molar-refractivity contribution in [2.45, 2.75) is 142 Å². The first-order chi connectivity index (χ1) is 30.5. The molecule has 4 fully saturated rings. The molecular weight excluding hydrogens is 920 g/mol. The monoisotopic (exact) mass is 982 g/mol. The number of aryl methyl sites for hydroxylation is 2. The number of halogens is 5. The van der Waals surface area contributed by atoms with Crippen molar-refractivity contribution in [3.05, 3.63) is 131 Å². The summed E-state index contributed by atoms with van der Waals surface area (Å²) in [5.41, 5.74) is 12.8. The Hall–Kier alpha value is -2.43. The van der Waals surface area contributed by atoms with Crippen molar-refractivity contribution in [1.82, 2.24) is 0 Å². The molecule has 63 heavy (non-hydrogen) atoms. The van der Waals surface area contributed by atoms with Crippen LogP contribution in [0.15, 0.2) is 109 Å². The van der Waals surface area contributed by atoms with Crippen LogP contribution < -0.4 is 0 Å². The molecule has 0 heterocycles. The van der Waals surface area contributed by atoms with Crippen molar-refractivity contribution < 1.29 is 34.0 Å². The van der Waals surface area contributed by atoms with Gasteiger partial charge in [0, 0.05) is 15.9 Å². The summed E-state index contributed by atoms with van der Waals surface area (Å²) in [5, 5.41) is 5.71. The Morgan fingerprint density at radius 1 is 0.635 bits per heavy atom. The number of benzene rings is 4. The molecule has 2 radical (unpaired) electrons. The molecule has 7 heteroatoms. The zero-order valence-corrected chi connectivity index (χ0v) is 42.6. The summed E-state index contributed by atoms with van der Waals surface area (Å²) in [7, 11) is 10.3. The predicted molar refractivity (Wildman–Crippen MR) is 262 cm³/mol. The topological polar surface area (TPSA) is 0 Å². The molecule has 0 N–H and O–H groups in total. The summed E-state index contributed by atoms with van der Waals surface area (Å²) >= 11 is -0.826. The molecule has 6 aromatic rings. The molecule has 0 aliphatic heterocycles. The molecular formula is C56H65Cl2F3SiZr. The van der Waals surface area contributed by atoms with Crippen LogP contribution in [0.2, 0.25) is 12.6 Å². The van der Waals surface area contributed by atoms with Crippen molar-refractivity contribution in [2.75, 3.05) is 0 Å². The number of hydrogen-bond acceptors (Lipinski definition) is 0. The first-order valence-corrected chi connectivity index (χ1v) is 31.7. The van der Waals surface area contributed by atoms with Gasteiger partial charge < -0.3 is 0 Å². The Kier molecular flexibility index (Phi) is 17.2. The van der Waals surface area contributed by atoms with Gasteiger partial charge in [-0.15, -0.1) is 69.1 Å². The average molecular weight is 985 g/mol. The third-order valence-corrected chi connectivity index (χ3v) is 15.6. The van der Waals surface area contributed by atoms with E-state index >= 15 is 0 Å². The van der Waals surface area contributed by atoms with Crippen LogP contribution in [0.4, 0.5) is 13.2 Å². The van der Waals surface area contributed by atoms with E-state index in [1.165, 1.54) is 158 Å². The van der Waals surface area contributed by atoms with Gasteiger partial charge in [-0.25, -0.2) is 0 Å². The van der Waals surface area contributed by atoms with E-state index in [1.807, 2.05) is 0 Å². The van der Waals surface area contributed by atoms with Crippen LogP contribution in [-0.4, -0.2) is 15.7 Å². The van der Waals surface area contributed by atoms with E-state index < -0.39 is 33.4 Å². The van der Waals surface area contributed by atoms with Crippen LogP contribution in [0.1, 0.15) is 120 Å². The maximum absolute atomic E-state index is 11.2. The van der Waals surface area contributed by atoms with Crippen molar-refractivity contribution in [1.29, 1.82) is 0 Å². The number of hydrogen-bond donors (Lipinski definition) is 0. The van der Waals surface area contributed by atoms with Crippen LogP contribution in [0, 0.1) is 22.7 Å². The van der Waals surface area contributed by atoms with Crippen molar-refractivity contribution >= 4 is 48.1 Å². The molecule has 0 atom stereocenters. The first-order valence-electron chi connectivity index (χ1n) is 23.7. The van der Waals surface area contributed by atoms with Crippen molar-refractivity contribution in [3.8, 4) is 22.3 Å². The number of fused-ring (bicyclic) bond motifs is 6. The van der Waals surface area contributed by atoms with E-state index in [-0.39, 0.29) is 6.04 Å². The minimum atomic E-state index is -3.94. The molecule has 332 valence electrons. The molecule has 0 nitrogen and oxygen atoms in total. The molecule has 0 spiro atoms. The predicted octanol–water partition coefficient (Wildman–Crippen LogP) is 18.1. The van der Waals surface area contributed by atoms with Gasteiger partial charge >= 0.3 is 44.1 Å². The number of rotatable bonds is 12. The van der Waals surface area contributed by atoms with E-state index in [4.69, 9.17) is 17.0 Å². The SMILES string of the molecule is CCCc1ccc(-c2cccc3[cH-]c(CC45CCC(CC4)C5)cc23)cc1.CCCc1ccc(-c2cccc3[cH-]c(CC45CCC(CC4)C5)cc23)cc1.C[Si]CCC(F)(F)F.[Cl][Zr+2][Cl]. The summed E-state index contributed by atoms with van der Waals surface area (Å²) in [6, 6.07) is 42.2. The van der Waals surface area contributed by atoms with Gasteiger partial charge in [-0.1, -0.05) is 111 Å². The molecule has 0 saturated heterocycles. The quantitative estimate of drug-likeness (QED) is 0.0847. The van der Waals surface area contributed by atoms with Gasteiger partial charge in [0.05, 0.1) is 0 Å². The van der Waals surface area contributed by atoms with Gasteiger partial charge in [0.1, 0.15) is 0 Å². The Morgan fingerprint density at radius 3 is 1.33 bits per heavy atom. The van der Waals surface area contributed by atoms with Crippen molar-refractivity contribution in [3.63, 3.8) is 0 Å². The maximum atomic E-state index is 11.2. The van der Waals surface area contributed by atoms with Crippen molar-refractivity contribution in [2.24, 2.45) is 22.7 Å². The zero-order valence-electron chi connectivity index (χ0n) is 37.7. The second kappa shape index (κ2) is 22.4. The molecule has 4 bridgehead atoms. The van der Waals surface area contributed by atoms with Gasteiger partial charge in [-0.3, -0.25) is 0 Å². The van der Waals surface area contributed by atoms with Gasteiger partial charge in [0.25, 0.3) is 0 Å². The second-order valence-corrected chi connectivity index (χ2v) is 24.4. The van der Waals surface area contributed by atoms with Crippen LogP contribution in [0.3, 0.4) is 0 Å². The molecule has 0 aromatic heterocycles. The molecule has 4 saturated carbocycles. The summed E-state index contributed by atoms with van der Waals surface area (Å²) < 4.78 is 33.7. The minimum absolute atomic E-state index is 0.281. The van der Waals surface area contributed by atoms with Gasteiger partial charge in [0.2, 0.25) is 0 Å². The Morgan fingerprint density at radius 2 is 1.03 bits per heavy atom. The van der Waals surface area contributed by atoms with E-state index in [0.717, 1.165) is 11.8 Å². The second-order valence-electron chi connectivity index (χ2n) is 19.4. The fourth-order valence-corrected chi connectivity index (χ4v) is 12.4. The molecule has 0 unspecified atom stereocenters. The third-order valence-electron chi connectivity index (χ3n) is 14.8. The Bertz CT molecular complexity index is 2170. The van der Waals surface area contributed by atoms with E-state index in [2.05, 4.69) is 123 Å². The van der Waals surface area contributed by atoms with Gasteiger partial charge in [-0.2, -0.15) is 25.3 Å². The summed E-state index contributed by atoms with van der Waals surface area (Å²) in [6.07, 6.45) is 17.6. The Labute approximate surface area is 397 Å². The van der Waals surface area contributed by atoms with Crippen LogP contribution in [0.5, 0.6) is 0 Å². The first kappa shape index (κ1) is 48.5. The standard InChI is InChI=1S/2C26H29.C4H7F3Si.2ClH.Zr/c2*1-2-4-19-7-9-22(10-8-19)24-6-3-5-23-15-21(16-25(23)24)18-26-13-11-20(17-26)12-14-26;1-8-3-2-4(5,6)7;;;/h2*3,5-10,15-16,20H,2,4,11-14,17-18H2,1H3;2-3H2,1H3;2*1H;/q2*-1;;;;+4/p-2. The van der Waals surface area contributed by atoms with E-state index in [1.54, 1.807) is 17.7 Å². The molecule has 6 aromatic carbocycles. The Balaban J connectivity index is 0.000000154. The van der Waals surface area contributed by atoms with Gasteiger partial charge in [-0.05, 0) is 135 Å². The summed E-state index contributed by atoms with van der Waals surface area (Å²) in [5.74, 6) is 2.08.